The highest BCUT2D eigenvalue weighted by Gasteiger charge is 2.32. The summed E-state index contributed by atoms with van der Waals surface area (Å²) in [6.45, 7) is 4.87. The molecule has 0 saturated carbocycles. The Hall–Kier alpha value is -3.05. The SMILES string of the molecule is Cc1noc(C)c1S(=O)(=O)N1CCCN(c2nccc(Oc3ccc(F)cc3)n2)CC1. The van der Waals surface area contributed by atoms with Gasteiger partial charge in [0.15, 0.2) is 5.76 Å². The van der Waals surface area contributed by atoms with Gasteiger partial charge < -0.3 is 14.2 Å². The van der Waals surface area contributed by atoms with Crippen molar-refractivity contribution in [1.82, 2.24) is 19.4 Å². The maximum Gasteiger partial charge on any atom is 0.248 e. The van der Waals surface area contributed by atoms with E-state index in [1.54, 1.807) is 26.1 Å². The monoisotopic (exact) mass is 447 g/mol. The van der Waals surface area contributed by atoms with Gasteiger partial charge >= 0.3 is 0 Å². The van der Waals surface area contributed by atoms with Crippen molar-refractivity contribution >= 4 is 16.0 Å². The quantitative estimate of drug-likeness (QED) is 0.588. The topological polar surface area (TPSA) is 102 Å². The van der Waals surface area contributed by atoms with Crippen LogP contribution < -0.4 is 9.64 Å². The van der Waals surface area contributed by atoms with Crippen molar-refractivity contribution in [3.05, 3.63) is 53.8 Å². The van der Waals surface area contributed by atoms with Crippen LogP contribution in [0.3, 0.4) is 0 Å². The van der Waals surface area contributed by atoms with E-state index < -0.39 is 10.0 Å². The highest BCUT2D eigenvalue weighted by molar-refractivity contribution is 7.89. The first-order valence-corrected chi connectivity index (χ1v) is 11.2. The largest absolute Gasteiger partial charge is 0.439 e. The minimum Gasteiger partial charge on any atom is -0.439 e. The van der Waals surface area contributed by atoms with Gasteiger partial charge in [0, 0.05) is 38.4 Å². The standard InChI is InChI=1S/C20H22FN5O4S/c1-14-19(15(2)30-24-14)31(27,28)26-11-3-10-25(12-13-26)20-22-9-8-18(23-20)29-17-6-4-16(21)5-7-17/h4-9H,3,10-13H2,1-2H3. The number of rotatable bonds is 5. The predicted octanol–water partition coefficient (Wildman–Crippen LogP) is 2.91. The number of hydrogen-bond acceptors (Lipinski definition) is 8. The number of nitrogens with zero attached hydrogens (tertiary/aromatic N) is 5. The van der Waals surface area contributed by atoms with E-state index >= 15 is 0 Å². The zero-order valence-electron chi connectivity index (χ0n) is 17.2. The van der Waals surface area contributed by atoms with E-state index in [1.165, 1.54) is 28.6 Å². The molecule has 164 valence electrons. The molecule has 1 aliphatic heterocycles. The Kier molecular flexibility index (Phi) is 5.88. The van der Waals surface area contributed by atoms with Crippen molar-refractivity contribution in [3.63, 3.8) is 0 Å². The predicted molar refractivity (Wildman–Crippen MR) is 110 cm³/mol. The molecule has 0 N–H and O–H groups in total. The second-order valence-corrected chi connectivity index (χ2v) is 9.02. The summed E-state index contributed by atoms with van der Waals surface area (Å²) in [5.74, 6) is 1.15. The first kappa shape index (κ1) is 21.2. The van der Waals surface area contributed by atoms with E-state index in [4.69, 9.17) is 9.26 Å². The highest BCUT2D eigenvalue weighted by atomic mass is 32.2. The van der Waals surface area contributed by atoms with E-state index in [9.17, 15) is 12.8 Å². The normalized spacial score (nSPS) is 15.6. The second kappa shape index (κ2) is 8.60. The van der Waals surface area contributed by atoms with Gasteiger partial charge in [0.25, 0.3) is 0 Å². The molecule has 0 aliphatic carbocycles. The third kappa shape index (κ3) is 4.52. The van der Waals surface area contributed by atoms with Crippen molar-refractivity contribution in [3.8, 4) is 11.6 Å². The van der Waals surface area contributed by atoms with Crippen LogP contribution in [0.25, 0.3) is 0 Å². The smallest absolute Gasteiger partial charge is 0.248 e. The molecular weight excluding hydrogens is 425 g/mol. The summed E-state index contributed by atoms with van der Waals surface area (Å²) in [6.07, 6.45) is 2.18. The molecule has 3 heterocycles. The number of benzene rings is 1. The second-order valence-electron chi connectivity index (χ2n) is 7.15. The van der Waals surface area contributed by atoms with Crippen molar-refractivity contribution in [1.29, 1.82) is 0 Å². The van der Waals surface area contributed by atoms with Gasteiger partial charge in [-0.25, -0.2) is 17.8 Å². The summed E-state index contributed by atoms with van der Waals surface area (Å²) in [5.41, 5.74) is 0.354. The third-order valence-corrected chi connectivity index (χ3v) is 7.10. The van der Waals surface area contributed by atoms with Crippen LogP contribution in [0.4, 0.5) is 10.3 Å². The van der Waals surface area contributed by atoms with Gasteiger partial charge in [-0.1, -0.05) is 5.16 Å². The van der Waals surface area contributed by atoms with E-state index in [2.05, 4.69) is 15.1 Å². The summed E-state index contributed by atoms with van der Waals surface area (Å²) < 4.78 is 51.4. The molecule has 0 unspecified atom stereocenters. The number of ether oxygens (including phenoxy) is 1. The minimum atomic E-state index is -3.71. The highest BCUT2D eigenvalue weighted by Crippen LogP contribution is 2.25. The van der Waals surface area contributed by atoms with Crippen LogP contribution in [0.2, 0.25) is 0 Å². The Bertz CT molecular complexity index is 1150. The van der Waals surface area contributed by atoms with Gasteiger partial charge in [0.2, 0.25) is 21.9 Å². The molecule has 0 atom stereocenters. The average Bonchev–Trinajstić information content (AvgIpc) is 2.94. The molecule has 31 heavy (non-hydrogen) atoms. The van der Waals surface area contributed by atoms with Gasteiger partial charge in [-0.15, -0.1) is 0 Å². The lowest BCUT2D eigenvalue weighted by Crippen LogP contribution is -2.36. The van der Waals surface area contributed by atoms with Crippen molar-refractivity contribution < 1.29 is 22.1 Å². The summed E-state index contributed by atoms with van der Waals surface area (Å²) in [4.78, 5) is 10.8. The average molecular weight is 447 g/mol. The van der Waals surface area contributed by atoms with E-state index in [0.717, 1.165) is 0 Å². The van der Waals surface area contributed by atoms with Gasteiger partial charge in [-0.3, -0.25) is 0 Å². The number of hydrogen-bond donors (Lipinski definition) is 0. The van der Waals surface area contributed by atoms with Crippen molar-refractivity contribution in [2.75, 3.05) is 31.1 Å². The van der Waals surface area contributed by atoms with Crippen LogP contribution in [-0.2, 0) is 10.0 Å². The fraction of sp³-hybridized carbons (Fsp3) is 0.350. The maximum absolute atomic E-state index is 13.1. The van der Waals surface area contributed by atoms with Crippen molar-refractivity contribution in [2.24, 2.45) is 0 Å². The van der Waals surface area contributed by atoms with Gasteiger partial charge in [-0.2, -0.15) is 9.29 Å². The maximum atomic E-state index is 13.1. The Labute approximate surface area is 179 Å². The first-order valence-electron chi connectivity index (χ1n) is 9.79. The molecular formula is C20H22FN5O4S. The molecule has 1 saturated heterocycles. The number of sulfonamides is 1. The molecule has 3 aromatic rings. The molecule has 1 fully saturated rings. The molecule has 1 aliphatic rings. The molecule has 2 aromatic heterocycles. The van der Waals surface area contributed by atoms with Crippen LogP contribution in [0.1, 0.15) is 17.9 Å². The lowest BCUT2D eigenvalue weighted by Gasteiger charge is -2.22. The van der Waals surface area contributed by atoms with Crippen LogP contribution in [0, 0.1) is 19.7 Å². The lowest BCUT2D eigenvalue weighted by atomic mass is 10.3. The fourth-order valence-corrected chi connectivity index (χ4v) is 5.23. The third-order valence-electron chi connectivity index (χ3n) is 4.96. The molecule has 9 nitrogen and oxygen atoms in total. The molecule has 4 rings (SSSR count). The summed E-state index contributed by atoms with van der Waals surface area (Å²) in [5, 5.41) is 3.77. The first-order chi connectivity index (χ1) is 14.8. The molecule has 0 spiro atoms. The minimum absolute atomic E-state index is 0.131. The van der Waals surface area contributed by atoms with Gasteiger partial charge in [0.1, 0.15) is 22.2 Å². The van der Waals surface area contributed by atoms with E-state index in [1.807, 2.05) is 4.90 Å². The number of anilines is 1. The van der Waals surface area contributed by atoms with Crippen LogP contribution in [0.5, 0.6) is 11.6 Å². The van der Waals surface area contributed by atoms with E-state index in [-0.39, 0.29) is 23.0 Å². The number of aryl methyl sites for hydroxylation is 2. The van der Waals surface area contributed by atoms with E-state index in [0.29, 0.717) is 49.3 Å². The van der Waals surface area contributed by atoms with Crippen LogP contribution in [0.15, 0.2) is 45.9 Å². The zero-order chi connectivity index (χ0) is 22.0. The fourth-order valence-electron chi connectivity index (χ4n) is 3.47. The summed E-state index contributed by atoms with van der Waals surface area (Å²) in [7, 11) is -3.71. The summed E-state index contributed by atoms with van der Waals surface area (Å²) >= 11 is 0. The van der Waals surface area contributed by atoms with Gasteiger partial charge in [0.05, 0.1) is 0 Å². The van der Waals surface area contributed by atoms with Crippen LogP contribution >= 0.6 is 0 Å². The Morgan fingerprint density at radius 2 is 1.84 bits per heavy atom. The molecule has 0 bridgehead atoms. The molecule has 0 radical (unpaired) electrons. The Morgan fingerprint density at radius 3 is 2.55 bits per heavy atom. The Balaban J connectivity index is 1.48. The zero-order valence-corrected chi connectivity index (χ0v) is 18.0. The number of aromatic nitrogens is 3. The Morgan fingerprint density at radius 1 is 1.06 bits per heavy atom. The number of halogens is 1. The molecule has 11 heteroatoms. The van der Waals surface area contributed by atoms with Gasteiger partial charge in [-0.05, 0) is 44.5 Å². The van der Waals surface area contributed by atoms with Crippen LogP contribution in [-0.4, -0.2) is 54.0 Å². The summed E-state index contributed by atoms with van der Waals surface area (Å²) in [6, 6.07) is 7.25. The molecule has 1 aromatic carbocycles. The molecule has 0 amide bonds. The van der Waals surface area contributed by atoms with Crippen molar-refractivity contribution in [2.45, 2.75) is 25.2 Å². The lowest BCUT2D eigenvalue weighted by molar-refractivity contribution is 0.389.